The molecular weight excluding hydrogens is 438 g/mol. The van der Waals surface area contributed by atoms with Crippen molar-refractivity contribution in [1.29, 1.82) is 0 Å². The van der Waals surface area contributed by atoms with Crippen LogP contribution in [0.3, 0.4) is 0 Å². The smallest absolute Gasteiger partial charge is 0.249 e. The Kier molecular flexibility index (Phi) is 5.65. The Bertz CT molecular complexity index is 1290. The lowest BCUT2D eigenvalue weighted by Crippen LogP contribution is -2.44. The van der Waals surface area contributed by atoms with Crippen molar-refractivity contribution >= 4 is 45.5 Å². The van der Waals surface area contributed by atoms with E-state index in [2.05, 4.69) is 47.5 Å². The van der Waals surface area contributed by atoms with Gasteiger partial charge in [-0.15, -0.1) is 16.4 Å². The molecule has 1 amide bonds. The summed E-state index contributed by atoms with van der Waals surface area (Å²) in [6.07, 6.45) is 0. The van der Waals surface area contributed by atoms with E-state index in [4.69, 9.17) is 0 Å². The van der Waals surface area contributed by atoms with Crippen LogP contribution < -0.4 is 15.5 Å². The van der Waals surface area contributed by atoms with E-state index < -0.39 is 0 Å². The molecule has 1 saturated heterocycles. The van der Waals surface area contributed by atoms with Gasteiger partial charge in [0.25, 0.3) is 0 Å². The number of aryl methyl sites for hydroxylation is 1. The van der Waals surface area contributed by atoms with E-state index in [-0.39, 0.29) is 5.91 Å². The summed E-state index contributed by atoms with van der Waals surface area (Å²) in [5.74, 6) is 2.69. The average molecular weight is 464 g/mol. The molecule has 1 aliphatic heterocycles. The number of amides is 1. The number of benzene rings is 1. The van der Waals surface area contributed by atoms with E-state index in [1.165, 1.54) is 18.3 Å². The molecule has 1 aromatic carbocycles. The summed E-state index contributed by atoms with van der Waals surface area (Å²) < 4.78 is 1.82. The molecule has 0 unspecified atom stereocenters. The minimum absolute atomic E-state index is 0.0941. The monoisotopic (exact) mass is 463 g/mol. The van der Waals surface area contributed by atoms with Crippen molar-refractivity contribution in [3.63, 3.8) is 0 Å². The zero-order chi connectivity index (χ0) is 22.9. The molecule has 0 saturated carbocycles. The fourth-order valence-corrected chi connectivity index (χ4v) is 4.62. The van der Waals surface area contributed by atoms with E-state index in [0.29, 0.717) is 17.6 Å². The van der Waals surface area contributed by atoms with Crippen LogP contribution in [0.2, 0.25) is 0 Å². The number of piperazine rings is 1. The van der Waals surface area contributed by atoms with Crippen LogP contribution in [-0.4, -0.2) is 68.6 Å². The van der Waals surface area contributed by atoms with Gasteiger partial charge >= 0.3 is 0 Å². The first-order chi connectivity index (χ1) is 15.9. The molecule has 10 nitrogen and oxygen atoms in total. The summed E-state index contributed by atoms with van der Waals surface area (Å²) >= 11 is 1.52. The van der Waals surface area contributed by atoms with Crippen molar-refractivity contribution in [2.75, 3.05) is 48.8 Å². The number of thiazole rings is 1. The molecule has 0 bridgehead atoms. The molecule has 2 N–H and O–H groups in total. The van der Waals surface area contributed by atoms with E-state index in [0.717, 1.165) is 53.9 Å². The van der Waals surface area contributed by atoms with Crippen LogP contribution in [0.25, 0.3) is 16.2 Å². The number of likely N-dealkylation sites (N-methyl/N-ethyl adjacent to an activating group) is 1. The van der Waals surface area contributed by atoms with Gasteiger partial charge in [0.2, 0.25) is 16.8 Å². The van der Waals surface area contributed by atoms with E-state index in [9.17, 15) is 4.79 Å². The van der Waals surface area contributed by atoms with Crippen molar-refractivity contribution in [3.8, 4) is 11.3 Å². The van der Waals surface area contributed by atoms with Gasteiger partial charge in [0.1, 0.15) is 17.5 Å². The maximum Gasteiger partial charge on any atom is 0.249 e. The number of hydrogen-bond donors (Lipinski definition) is 2. The molecule has 0 aliphatic carbocycles. The van der Waals surface area contributed by atoms with Gasteiger partial charge in [-0.25, -0.2) is 14.5 Å². The standard InChI is InChI=1S/C22H25N9OS/c1-14-23-19(12-20(24-14)30-10-8-29(3)9-11-30)26-21-27-22-31(28-21)18(13-33-22)16-4-6-17(7-5-16)25-15(2)32/h4-7,12-13H,8-11H2,1-3H3,(H,25,32)(H,23,24,26,28). The summed E-state index contributed by atoms with van der Waals surface area (Å²) in [7, 11) is 2.14. The highest BCUT2D eigenvalue weighted by molar-refractivity contribution is 7.15. The third kappa shape index (κ3) is 4.64. The number of anilines is 4. The third-order valence-corrected chi connectivity index (χ3v) is 6.29. The van der Waals surface area contributed by atoms with Crippen LogP contribution in [0.5, 0.6) is 0 Å². The SMILES string of the molecule is CC(=O)Nc1ccc(-c2csc3nc(Nc4cc(N5CCN(C)CC5)nc(C)n4)nn23)cc1. The topological polar surface area (TPSA) is 104 Å². The number of fused-ring (bicyclic) bond motifs is 1. The summed E-state index contributed by atoms with van der Waals surface area (Å²) in [4.78, 5) is 30.4. The molecule has 33 heavy (non-hydrogen) atoms. The molecule has 0 atom stereocenters. The molecule has 170 valence electrons. The molecule has 3 aromatic heterocycles. The lowest BCUT2D eigenvalue weighted by atomic mass is 10.1. The molecule has 11 heteroatoms. The van der Waals surface area contributed by atoms with Crippen LogP contribution in [-0.2, 0) is 4.79 Å². The molecule has 4 heterocycles. The first kappa shape index (κ1) is 21.3. The molecule has 1 fully saturated rings. The second-order valence-corrected chi connectivity index (χ2v) is 8.92. The first-order valence-corrected chi connectivity index (χ1v) is 11.6. The van der Waals surface area contributed by atoms with Crippen molar-refractivity contribution in [3.05, 3.63) is 41.5 Å². The van der Waals surface area contributed by atoms with Crippen LogP contribution in [0.15, 0.2) is 35.7 Å². The van der Waals surface area contributed by atoms with Crippen LogP contribution in [0.4, 0.5) is 23.3 Å². The second kappa shape index (κ2) is 8.75. The highest BCUT2D eigenvalue weighted by Gasteiger charge is 2.18. The van der Waals surface area contributed by atoms with Gasteiger partial charge in [0, 0.05) is 55.8 Å². The zero-order valence-electron chi connectivity index (χ0n) is 18.7. The number of carbonyl (C=O) groups is 1. The predicted octanol–water partition coefficient (Wildman–Crippen LogP) is 3.01. The van der Waals surface area contributed by atoms with Crippen LogP contribution in [0, 0.1) is 6.92 Å². The Morgan fingerprint density at radius 3 is 2.55 bits per heavy atom. The van der Waals surface area contributed by atoms with Gasteiger partial charge < -0.3 is 20.4 Å². The highest BCUT2D eigenvalue weighted by atomic mass is 32.1. The lowest BCUT2D eigenvalue weighted by molar-refractivity contribution is -0.114. The van der Waals surface area contributed by atoms with Crippen molar-refractivity contribution in [1.82, 2.24) is 29.5 Å². The Labute approximate surface area is 195 Å². The van der Waals surface area contributed by atoms with Crippen molar-refractivity contribution in [2.45, 2.75) is 13.8 Å². The average Bonchev–Trinajstić information content (AvgIpc) is 3.34. The highest BCUT2D eigenvalue weighted by Crippen LogP contribution is 2.28. The number of nitrogens with zero attached hydrogens (tertiary/aromatic N) is 7. The van der Waals surface area contributed by atoms with Gasteiger partial charge in [-0.3, -0.25) is 4.79 Å². The second-order valence-electron chi connectivity index (χ2n) is 8.08. The molecule has 5 rings (SSSR count). The van der Waals surface area contributed by atoms with Gasteiger partial charge in [0.05, 0.1) is 5.69 Å². The summed E-state index contributed by atoms with van der Waals surface area (Å²) in [5.41, 5.74) is 2.68. The maximum absolute atomic E-state index is 11.2. The van der Waals surface area contributed by atoms with Gasteiger partial charge in [-0.05, 0) is 26.1 Å². The Morgan fingerprint density at radius 1 is 1.06 bits per heavy atom. The lowest BCUT2D eigenvalue weighted by Gasteiger charge is -2.33. The van der Waals surface area contributed by atoms with E-state index in [1.807, 2.05) is 47.2 Å². The Hall–Kier alpha value is -3.57. The normalized spacial score (nSPS) is 14.6. The maximum atomic E-state index is 11.2. The van der Waals surface area contributed by atoms with Crippen molar-refractivity contribution < 1.29 is 4.79 Å². The molecule has 1 aliphatic rings. The van der Waals surface area contributed by atoms with Gasteiger partial charge in [0.15, 0.2) is 0 Å². The molecule has 0 radical (unpaired) electrons. The summed E-state index contributed by atoms with van der Waals surface area (Å²) in [6.45, 7) is 7.29. The summed E-state index contributed by atoms with van der Waals surface area (Å²) in [5, 5.41) is 12.7. The first-order valence-electron chi connectivity index (χ1n) is 10.7. The Balaban J connectivity index is 1.37. The minimum Gasteiger partial charge on any atom is -0.354 e. The van der Waals surface area contributed by atoms with Crippen molar-refractivity contribution in [2.24, 2.45) is 0 Å². The fourth-order valence-electron chi connectivity index (χ4n) is 3.79. The number of hydrogen-bond acceptors (Lipinski definition) is 9. The fraction of sp³-hybridized carbons (Fsp3) is 0.318. The largest absolute Gasteiger partial charge is 0.354 e. The van der Waals surface area contributed by atoms with Gasteiger partial charge in [-0.1, -0.05) is 12.1 Å². The number of aromatic nitrogens is 5. The minimum atomic E-state index is -0.0941. The molecular formula is C22H25N9OS. The van der Waals surface area contributed by atoms with E-state index in [1.54, 1.807) is 0 Å². The molecule has 4 aromatic rings. The number of carbonyl (C=O) groups excluding carboxylic acids is 1. The third-order valence-electron chi connectivity index (χ3n) is 5.47. The number of rotatable bonds is 5. The van der Waals surface area contributed by atoms with Crippen LogP contribution in [0.1, 0.15) is 12.7 Å². The number of nitrogens with one attached hydrogen (secondary N) is 2. The zero-order valence-corrected chi connectivity index (χ0v) is 19.6. The quantitative estimate of drug-likeness (QED) is 0.466. The predicted molar refractivity (Wildman–Crippen MR) is 130 cm³/mol. The molecule has 0 spiro atoms. The van der Waals surface area contributed by atoms with E-state index >= 15 is 0 Å². The Morgan fingerprint density at radius 2 is 1.82 bits per heavy atom. The summed E-state index contributed by atoms with van der Waals surface area (Å²) in [6, 6.07) is 9.62. The van der Waals surface area contributed by atoms with Crippen LogP contribution >= 0.6 is 11.3 Å². The van der Waals surface area contributed by atoms with Gasteiger partial charge in [-0.2, -0.15) is 4.98 Å².